The maximum atomic E-state index is 12.9. The number of hydrogen-bond donors (Lipinski definition) is 1. The van der Waals surface area contributed by atoms with E-state index >= 15 is 0 Å². The van der Waals surface area contributed by atoms with Crippen LogP contribution < -0.4 is 5.32 Å². The van der Waals surface area contributed by atoms with Crippen LogP contribution in [0.1, 0.15) is 42.3 Å². The first kappa shape index (κ1) is 15.4. The fourth-order valence-corrected chi connectivity index (χ4v) is 3.69. The predicted octanol–water partition coefficient (Wildman–Crippen LogP) is 3.50. The summed E-state index contributed by atoms with van der Waals surface area (Å²) in [4.78, 5) is 15.2. The van der Waals surface area contributed by atoms with Gasteiger partial charge < -0.3 is 5.32 Å². The zero-order valence-electron chi connectivity index (χ0n) is 13.9. The molecule has 1 aliphatic heterocycles. The average Bonchev–Trinajstić information content (AvgIpc) is 3.31. The van der Waals surface area contributed by atoms with Crippen molar-refractivity contribution in [3.8, 4) is 0 Å². The molecule has 2 aliphatic rings. The summed E-state index contributed by atoms with van der Waals surface area (Å²) in [6.45, 7) is 1.92. The van der Waals surface area contributed by atoms with Gasteiger partial charge in [0.1, 0.15) is 6.04 Å². The molecule has 1 amide bonds. The molecule has 1 saturated heterocycles. The second-order valence-electron chi connectivity index (χ2n) is 6.99. The van der Waals surface area contributed by atoms with Gasteiger partial charge in [-0.3, -0.25) is 9.69 Å². The lowest BCUT2D eigenvalue weighted by Gasteiger charge is -2.27. The van der Waals surface area contributed by atoms with Crippen molar-refractivity contribution in [1.82, 2.24) is 10.2 Å². The lowest BCUT2D eigenvalue weighted by molar-refractivity contribution is -0.126. The molecule has 124 valence electrons. The van der Waals surface area contributed by atoms with Crippen LogP contribution in [0.25, 0.3) is 0 Å². The van der Waals surface area contributed by atoms with Crippen LogP contribution in [-0.2, 0) is 4.79 Å². The molecule has 0 radical (unpaired) electrons. The summed E-state index contributed by atoms with van der Waals surface area (Å²) in [6.07, 6.45) is 3.36. The summed E-state index contributed by atoms with van der Waals surface area (Å²) < 4.78 is 0. The molecular weight excluding hydrogens is 296 g/mol. The molecule has 1 heterocycles. The lowest BCUT2D eigenvalue weighted by Crippen LogP contribution is -2.40. The van der Waals surface area contributed by atoms with Crippen LogP contribution in [-0.4, -0.2) is 29.9 Å². The molecule has 1 saturated carbocycles. The fraction of sp³-hybridized carbons (Fsp3) is 0.381. The molecule has 3 heteroatoms. The number of carbonyl (C=O) groups excluding carboxylic acids is 1. The molecule has 0 unspecified atom stereocenters. The van der Waals surface area contributed by atoms with E-state index in [4.69, 9.17) is 0 Å². The van der Waals surface area contributed by atoms with Crippen molar-refractivity contribution >= 4 is 5.91 Å². The first-order valence-corrected chi connectivity index (χ1v) is 8.95. The van der Waals surface area contributed by atoms with E-state index in [9.17, 15) is 4.79 Å². The third-order valence-electron chi connectivity index (χ3n) is 5.14. The quantitative estimate of drug-likeness (QED) is 0.914. The summed E-state index contributed by atoms with van der Waals surface area (Å²) in [5, 5.41) is 3.20. The molecular formula is C21H24N2O. The van der Waals surface area contributed by atoms with Crippen LogP contribution in [0, 0.1) is 0 Å². The zero-order chi connectivity index (χ0) is 16.4. The minimum Gasteiger partial charge on any atom is -0.352 e. The van der Waals surface area contributed by atoms with Crippen molar-refractivity contribution in [1.29, 1.82) is 0 Å². The third kappa shape index (κ3) is 3.36. The Labute approximate surface area is 143 Å². The summed E-state index contributed by atoms with van der Waals surface area (Å²) >= 11 is 0. The molecule has 24 heavy (non-hydrogen) atoms. The summed E-state index contributed by atoms with van der Waals surface area (Å²) in [5.41, 5.74) is 2.48. The van der Waals surface area contributed by atoms with Crippen LogP contribution in [0.15, 0.2) is 60.7 Å². The molecule has 2 atom stereocenters. The van der Waals surface area contributed by atoms with Crippen LogP contribution in [0.3, 0.4) is 0 Å². The number of hydrogen-bond acceptors (Lipinski definition) is 2. The maximum absolute atomic E-state index is 12.9. The standard InChI is InChI=1S/C21H24N2O/c24-21(22-19-11-12-19)20(17-9-5-2-6-10-17)23-14-13-18(15-23)16-7-3-1-4-8-16/h1-10,18-20H,11-15H2,(H,22,24)/t18-,20+/m1/s1. The second kappa shape index (κ2) is 6.78. The van der Waals surface area contributed by atoms with Gasteiger partial charge in [0.05, 0.1) is 0 Å². The first-order chi connectivity index (χ1) is 11.8. The van der Waals surface area contributed by atoms with Gasteiger partial charge in [-0.2, -0.15) is 0 Å². The summed E-state index contributed by atoms with van der Waals surface area (Å²) in [7, 11) is 0. The normalized spacial score (nSPS) is 22.2. The highest BCUT2D eigenvalue weighted by molar-refractivity contribution is 5.83. The van der Waals surface area contributed by atoms with E-state index in [1.54, 1.807) is 0 Å². The summed E-state index contributed by atoms with van der Waals surface area (Å²) in [6, 6.07) is 21.1. The number of rotatable bonds is 5. The lowest BCUT2D eigenvalue weighted by atomic mass is 9.98. The number of nitrogens with one attached hydrogen (secondary N) is 1. The zero-order valence-corrected chi connectivity index (χ0v) is 13.9. The van der Waals surface area contributed by atoms with Crippen molar-refractivity contribution in [2.24, 2.45) is 0 Å². The topological polar surface area (TPSA) is 32.3 Å². The Morgan fingerprint density at radius 1 is 0.958 bits per heavy atom. The largest absolute Gasteiger partial charge is 0.352 e. The number of amides is 1. The van der Waals surface area contributed by atoms with Gasteiger partial charge in [-0.15, -0.1) is 0 Å². The molecule has 2 fully saturated rings. The fourth-order valence-electron chi connectivity index (χ4n) is 3.69. The number of likely N-dealkylation sites (tertiary alicyclic amines) is 1. The van der Waals surface area contributed by atoms with Crippen molar-refractivity contribution in [2.45, 2.75) is 37.3 Å². The Balaban J connectivity index is 1.54. The van der Waals surface area contributed by atoms with Gasteiger partial charge in [0.2, 0.25) is 5.91 Å². The van der Waals surface area contributed by atoms with Crippen LogP contribution in [0.5, 0.6) is 0 Å². The highest BCUT2D eigenvalue weighted by Gasteiger charge is 2.36. The van der Waals surface area contributed by atoms with Crippen molar-refractivity contribution in [3.05, 3.63) is 71.8 Å². The average molecular weight is 320 g/mol. The molecule has 2 aromatic rings. The maximum Gasteiger partial charge on any atom is 0.242 e. The van der Waals surface area contributed by atoms with Crippen LogP contribution in [0.4, 0.5) is 0 Å². The molecule has 0 spiro atoms. The van der Waals surface area contributed by atoms with Crippen LogP contribution in [0.2, 0.25) is 0 Å². The Morgan fingerprint density at radius 2 is 1.62 bits per heavy atom. The number of benzene rings is 2. The minimum atomic E-state index is -0.166. The Hall–Kier alpha value is -2.13. The van der Waals surface area contributed by atoms with E-state index < -0.39 is 0 Å². The monoisotopic (exact) mass is 320 g/mol. The van der Waals surface area contributed by atoms with E-state index in [1.165, 1.54) is 5.56 Å². The number of nitrogens with zero attached hydrogens (tertiary/aromatic N) is 1. The molecule has 4 rings (SSSR count). The minimum absolute atomic E-state index is 0.164. The SMILES string of the molecule is O=C(NC1CC1)[C@H](c1ccccc1)N1CC[C@@H](c2ccccc2)C1. The first-order valence-electron chi connectivity index (χ1n) is 8.95. The van der Waals surface area contributed by atoms with Crippen molar-refractivity contribution in [3.63, 3.8) is 0 Å². The summed E-state index contributed by atoms with van der Waals surface area (Å²) in [5.74, 6) is 0.684. The smallest absolute Gasteiger partial charge is 0.242 e. The highest BCUT2D eigenvalue weighted by atomic mass is 16.2. The van der Waals surface area contributed by atoms with Gasteiger partial charge in [-0.05, 0) is 42.9 Å². The van der Waals surface area contributed by atoms with Gasteiger partial charge in [-0.25, -0.2) is 0 Å². The Kier molecular flexibility index (Phi) is 4.35. The second-order valence-corrected chi connectivity index (χ2v) is 6.99. The Morgan fingerprint density at radius 3 is 2.29 bits per heavy atom. The van der Waals surface area contributed by atoms with E-state index in [1.807, 2.05) is 18.2 Å². The Bertz CT molecular complexity index is 681. The highest BCUT2D eigenvalue weighted by Crippen LogP contribution is 2.33. The van der Waals surface area contributed by atoms with Gasteiger partial charge in [0.25, 0.3) is 0 Å². The molecule has 1 N–H and O–H groups in total. The van der Waals surface area contributed by atoms with Crippen molar-refractivity contribution in [2.75, 3.05) is 13.1 Å². The third-order valence-corrected chi connectivity index (χ3v) is 5.14. The van der Waals surface area contributed by atoms with Gasteiger partial charge in [0, 0.05) is 12.6 Å². The van der Waals surface area contributed by atoms with Gasteiger partial charge in [0.15, 0.2) is 0 Å². The van der Waals surface area contributed by atoms with Gasteiger partial charge >= 0.3 is 0 Å². The van der Waals surface area contributed by atoms with Crippen molar-refractivity contribution < 1.29 is 4.79 Å². The van der Waals surface area contributed by atoms with E-state index in [0.29, 0.717) is 12.0 Å². The number of carbonyl (C=O) groups is 1. The van der Waals surface area contributed by atoms with E-state index in [-0.39, 0.29) is 11.9 Å². The molecule has 2 aromatic carbocycles. The molecule has 3 nitrogen and oxygen atoms in total. The predicted molar refractivity (Wildman–Crippen MR) is 95.7 cm³/mol. The molecule has 0 aromatic heterocycles. The van der Waals surface area contributed by atoms with E-state index in [0.717, 1.165) is 37.9 Å². The van der Waals surface area contributed by atoms with Gasteiger partial charge in [-0.1, -0.05) is 60.7 Å². The molecule has 0 bridgehead atoms. The van der Waals surface area contributed by atoms with Crippen LogP contribution >= 0.6 is 0 Å². The van der Waals surface area contributed by atoms with E-state index in [2.05, 4.69) is 52.7 Å². The molecule has 1 aliphatic carbocycles.